The average Bonchev–Trinajstić information content (AvgIpc) is 3.09. The van der Waals surface area contributed by atoms with Gasteiger partial charge in [-0.25, -0.2) is 0 Å². The number of aliphatic hydroxyl groups is 1. The van der Waals surface area contributed by atoms with Gasteiger partial charge in [0.2, 0.25) is 0 Å². The summed E-state index contributed by atoms with van der Waals surface area (Å²) in [5.41, 5.74) is 6.14. The van der Waals surface area contributed by atoms with Gasteiger partial charge in [-0.3, -0.25) is 4.79 Å². The Balaban J connectivity index is 0.000000359. The van der Waals surface area contributed by atoms with E-state index in [0.717, 1.165) is 80.9 Å². The summed E-state index contributed by atoms with van der Waals surface area (Å²) in [6.07, 6.45) is 2.22. The van der Waals surface area contributed by atoms with Gasteiger partial charge < -0.3 is 10.1 Å². The molecule has 0 saturated carbocycles. The quantitative estimate of drug-likeness (QED) is 0.0527. The topological polar surface area (TPSA) is 54.5 Å². The Bertz CT molecular complexity index is 2100. The van der Waals surface area contributed by atoms with E-state index in [0.29, 0.717) is 22.5 Å². The predicted octanol–water partition coefficient (Wildman–Crippen LogP) is 13.7. The van der Waals surface area contributed by atoms with E-state index in [1.807, 2.05) is 84.9 Å². The van der Waals surface area contributed by atoms with Gasteiger partial charge in [0, 0.05) is 31.7 Å². The largest absolute Gasteiger partial charge is 0.511 e. The monoisotopic (exact) mass is 902 g/mol. The van der Waals surface area contributed by atoms with Crippen LogP contribution in [-0.2, 0) is 26.3 Å². The summed E-state index contributed by atoms with van der Waals surface area (Å²) in [5, 5.41) is 13.1. The number of alkyl halides is 3. The zero-order valence-corrected chi connectivity index (χ0v) is 35.4. The minimum atomic E-state index is -4.49. The van der Waals surface area contributed by atoms with Gasteiger partial charge in [-0.05, 0) is 121 Å². The summed E-state index contributed by atoms with van der Waals surface area (Å²) >= 11 is 0. The van der Waals surface area contributed by atoms with Crippen molar-refractivity contribution in [1.82, 2.24) is 4.98 Å². The van der Waals surface area contributed by atoms with E-state index < -0.39 is 11.7 Å². The first-order valence-corrected chi connectivity index (χ1v) is 18.3. The van der Waals surface area contributed by atoms with Gasteiger partial charge >= 0.3 is 12.0 Å². The fourth-order valence-electron chi connectivity index (χ4n) is 7.02. The van der Waals surface area contributed by atoms with Gasteiger partial charge in [0.15, 0.2) is 0 Å². The number of rotatable bonds is 9. The first kappa shape index (κ1) is 43.6. The van der Waals surface area contributed by atoms with Crippen LogP contribution in [0, 0.1) is 51.5 Å². The molecule has 1 heterocycles. The molecule has 0 saturated heterocycles. The SMILES string of the molecule is CCC(C)(CC)C(=[OH+])/C=C(\O)C(C)(CC)CC.Cc1[c-]c(-c2nccc3c2ccc2cc(-c4c(C)cc(C)cc4C)c(C(F)(F)F)cc23)cc(C)c1.[Ir]. The molecule has 0 aliphatic rings. The second kappa shape index (κ2) is 17.1. The number of hydrogen-bond donors (Lipinski definition) is 1. The van der Waals surface area contributed by atoms with Gasteiger partial charge in [-0.1, -0.05) is 78.3 Å². The van der Waals surface area contributed by atoms with Crippen molar-refractivity contribution in [2.45, 2.75) is 108 Å². The van der Waals surface area contributed by atoms with Crippen molar-refractivity contribution < 1.29 is 43.2 Å². The molecule has 0 atom stereocenters. The van der Waals surface area contributed by atoms with Crippen LogP contribution in [0.5, 0.6) is 0 Å². The molecule has 7 heteroatoms. The average molecular weight is 902 g/mol. The predicted molar refractivity (Wildman–Crippen MR) is 213 cm³/mol. The molecule has 0 fully saturated rings. The van der Waals surface area contributed by atoms with Crippen LogP contribution in [0.3, 0.4) is 0 Å². The minimum Gasteiger partial charge on any atom is -0.511 e. The zero-order valence-electron chi connectivity index (χ0n) is 33.0. The van der Waals surface area contributed by atoms with Gasteiger partial charge in [-0.2, -0.15) is 13.2 Å². The molecule has 0 bridgehead atoms. The second-order valence-electron chi connectivity index (χ2n) is 14.9. The van der Waals surface area contributed by atoms with Crippen molar-refractivity contribution in [2.24, 2.45) is 10.8 Å². The van der Waals surface area contributed by atoms with Crippen LogP contribution in [0.15, 0.2) is 72.6 Å². The first-order valence-electron chi connectivity index (χ1n) is 18.3. The third-order valence-corrected chi connectivity index (χ3v) is 11.2. The molecule has 1 aromatic heterocycles. The van der Waals surface area contributed by atoms with E-state index in [2.05, 4.69) is 38.7 Å². The Morgan fingerprint density at radius 1 is 0.755 bits per heavy atom. The molecule has 2 N–H and O–H groups in total. The van der Waals surface area contributed by atoms with Gasteiger partial charge in [-0.15, -0.1) is 34.9 Å². The second-order valence-corrected chi connectivity index (χ2v) is 14.9. The Morgan fingerprint density at radius 2 is 1.32 bits per heavy atom. The van der Waals surface area contributed by atoms with Crippen LogP contribution in [-0.4, -0.2) is 20.7 Å². The fraction of sp³-hybridized carbons (Fsp3) is 0.391. The number of benzene rings is 4. The maximum atomic E-state index is 14.4. The number of ketones is 1. The molecule has 0 spiro atoms. The van der Waals surface area contributed by atoms with E-state index >= 15 is 0 Å². The zero-order chi connectivity index (χ0) is 38.8. The van der Waals surface area contributed by atoms with Crippen LogP contribution >= 0.6 is 0 Å². The molecular formula is C46H54F3IrNO2. The smallest absolute Gasteiger partial charge is 0.417 e. The fourth-order valence-corrected chi connectivity index (χ4v) is 7.02. The number of fused-ring (bicyclic) bond motifs is 3. The van der Waals surface area contributed by atoms with Crippen molar-refractivity contribution in [1.29, 1.82) is 0 Å². The van der Waals surface area contributed by atoms with Crippen LogP contribution in [0.4, 0.5) is 13.2 Å². The summed E-state index contributed by atoms with van der Waals surface area (Å²) in [4.78, 5) is 14.8. The number of carbonyl (C=O) groups excluding carboxylic acids is 1. The number of pyridine rings is 1. The van der Waals surface area contributed by atoms with Gasteiger partial charge in [0.1, 0.15) is 5.76 Å². The van der Waals surface area contributed by atoms with Crippen molar-refractivity contribution in [3.8, 4) is 22.4 Å². The van der Waals surface area contributed by atoms with Gasteiger partial charge in [0.05, 0.1) is 17.1 Å². The third kappa shape index (κ3) is 9.30. The van der Waals surface area contributed by atoms with Crippen molar-refractivity contribution >= 4 is 27.3 Å². The van der Waals surface area contributed by atoms with Crippen molar-refractivity contribution in [3.63, 3.8) is 0 Å². The van der Waals surface area contributed by atoms with E-state index in [4.69, 9.17) is 0 Å². The van der Waals surface area contributed by atoms with Crippen molar-refractivity contribution in [2.75, 3.05) is 0 Å². The number of halogens is 3. The molecule has 0 unspecified atom stereocenters. The number of allylic oxidation sites excluding steroid dienone is 2. The molecule has 5 rings (SSSR count). The number of aromatic nitrogens is 1. The molecule has 53 heavy (non-hydrogen) atoms. The third-order valence-electron chi connectivity index (χ3n) is 11.2. The minimum absolute atomic E-state index is 0. The van der Waals surface area contributed by atoms with Crippen LogP contribution in [0.25, 0.3) is 43.9 Å². The summed E-state index contributed by atoms with van der Waals surface area (Å²) in [7, 11) is 0. The van der Waals surface area contributed by atoms with Crippen LogP contribution in [0.2, 0.25) is 0 Å². The van der Waals surface area contributed by atoms with Gasteiger partial charge in [0.25, 0.3) is 0 Å². The summed E-state index contributed by atoms with van der Waals surface area (Å²) < 4.78 is 43.3. The Morgan fingerprint density at radius 3 is 1.85 bits per heavy atom. The molecule has 0 aliphatic heterocycles. The Labute approximate surface area is 327 Å². The molecule has 0 aliphatic carbocycles. The number of hydrogen-bond acceptors (Lipinski definition) is 2. The summed E-state index contributed by atoms with van der Waals surface area (Å²) in [6, 6.07) is 19.9. The number of aliphatic hydroxyl groups excluding tert-OH is 1. The van der Waals surface area contributed by atoms with Crippen LogP contribution < -0.4 is 0 Å². The number of nitrogens with zero attached hydrogens (tertiary/aromatic N) is 1. The van der Waals surface area contributed by atoms with E-state index in [1.165, 1.54) is 6.07 Å². The van der Waals surface area contributed by atoms with Crippen molar-refractivity contribution in [3.05, 3.63) is 112 Å². The molecule has 0 amide bonds. The van der Waals surface area contributed by atoms with E-state index in [-0.39, 0.29) is 36.5 Å². The first-order chi connectivity index (χ1) is 24.3. The maximum absolute atomic E-state index is 14.4. The van der Waals surface area contributed by atoms with Crippen LogP contribution in [0.1, 0.15) is 101 Å². The maximum Gasteiger partial charge on any atom is 0.417 e. The molecule has 1 radical (unpaired) electrons. The molecule has 5 aromatic rings. The molecular weight excluding hydrogens is 848 g/mol. The summed E-state index contributed by atoms with van der Waals surface area (Å²) in [6.45, 7) is 22.0. The normalized spacial score (nSPS) is 12.4. The van der Waals surface area contributed by atoms with E-state index in [1.54, 1.807) is 24.4 Å². The number of aryl methyl sites for hydroxylation is 5. The Hall–Kier alpha value is -3.80. The molecule has 285 valence electrons. The molecule has 4 aromatic carbocycles. The van der Waals surface area contributed by atoms with E-state index in [9.17, 15) is 23.1 Å². The summed E-state index contributed by atoms with van der Waals surface area (Å²) in [5.74, 6) is 0.598. The Kier molecular flexibility index (Phi) is 14.1. The standard InChI is InChI=1S/C31H25F3N.C15H28O2.Ir/c1-17-10-18(2)14-23(13-17)30-25-7-6-22-15-27(29-20(4)11-19(3)12-21(29)5)28(31(32,33)34)16-26(22)24(25)8-9-35-30;1-7-14(5,8-2)12(16)11-13(17)15(6,9-3)10-4;/h6-13,15-16H,1-5H3;11,16H,7-10H2,1-6H3;/q-1;;/p+1/b;12-11-;. The molecule has 3 nitrogen and oxygen atoms in total.